The lowest BCUT2D eigenvalue weighted by atomic mass is 10.1. The largest absolute Gasteiger partial charge is 0.383 e. The lowest BCUT2D eigenvalue weighted by Crippen LogP contribution is -2.42. The summed E-state index contributed by atoms with van der Waals surface area (Å²) in [4.78, 5) is 4.80. The van der Waals surface area contributed by atoms with E-state index in [1.165, 1.54) is 11.1 Å². The molecule has 0 amide bonds. The van der Waals surface area contributed by atoms with Gasteiger partial charge in [-0.1, -0.05) is 30.3 Å². The van der Waals surface area contributed by atoms with E-state index < -0.39 is 0 Å². The summed E-state index contributed by atoms with van der Waals surface area (Å²) in [5.41, 5.74) is 4.75. The Hall–Kier alpha value is -2.34. The van der Waals surface area contributed by atoms with Crippen LogP contribution in [-0.4, -0.2) is 42.0 Å². The van der Waals surface area contributed by atoms with E-state index in [1.54, 1.807) is 7.11 Å². The summed E-state index contributed by atoms with van der Waals surface area (Å²) in [6, 6.07) is 10.9. The van der Waals surface area contributed by atoms with Gasteiger partial charge in [-0.15, -0.1) is 0 Å². The highest BCUT2D eigenvalue weighted by atomic mass is 16.5. The minimum Gasteiger partial charge on any atom is -0.383 e. The maximum Gasteiger partial charge on any atom is 0.191 e. The molecule has 6 heteroatoms. The zero-order valence-corrected chi connectivity index (χ0v) is 18.0. The molecule has 0 radical (unpaired) electrons. The van der Waals surface area contributed by atoms with Gasteiger partial charge in [0.05, 0.1) is 25.4 Å². The van der Waals surface area contributed by atoms with Gasteiger partial charge in [0, 0.05) is 31.0 Å². The van der Waals surface area contributed by atoms with Crippen LogP contribution in [0.5, 0.6) is 0 Å². The molecular formula is C22H35N5O. The molecule has 1 heterocycles. The maximum atomic E-state index is 5.17. The summed E-state index contributed by atoms with van der Waals surface area (Å²) in [6.07, 6.45) is 2.11. The summed E-state index contributed by atoms with van der Waals surface area (Å²) in [5, 5.41) is 11.5. The van der Waals surface area contributed by atoms with E-state index in [-0.39, 0.29) is 0 Å². The number of nitrogens with one attached hydrogen (secondary N) is 2. The highest BCUT2D eigenvalue weighted by Crippen LogP contribution is 2.14. The SMILES string of the molecule is CCNC(=NCc1c(C)nn(CCOC)c1C)NC(C)CCc1ccccc1. The zero-order chi connectivity index (χ0) is 20.4. The van der Waals surface area contributed by atoms with Gasteiger partial charge in [-0.05, 0) is 46.1 Å². The summed E-state index contributed by atoms with van der Waals surface area (Å²) >= 11 is 0. The number of benzene rings is 1. The van der Waals surface area contributed by atoms with E-state index in [4.69, 9.17) is 9.73 Å². The number of hydrogen-bond donors (Lipinski definition) is 2. The number of hydrogen-bond acceptors (Lipinski definition) is 3. The summed E-state index contributed by atoms with van der Waals surface area (Å²) in [5.74, 6) is 0.853. The smallest absolute Gasteiger partial charge is 0.191 e. The maximum absolute atomic E-state index is 5.17. The molecule has 1 aromatic heterocycles. The Bertz CT molecular complexity index is 739. The van der Waals surface area contributed by atoms with E-state index >= 15 is 0 Å². The molecule has 154 valence electrons. The third-order valence-corrected chi connectivity index (χ3v) is 4.87. The predicted molar refractivity (Wildman–Crippen MR) is 116 cm³/mol. The predicted octanol–water partition coefficient (Wildman–Crippen LogP) is 3.22. The number of guanidine groups is 1. The van der Waals surface area contributed by atoms with Crippen LogP contribution in [0.25, 0.3) is 0 Å². The molecule has 1 unspecified atom stereocenters. The topological polar surface area (TPSA) is 63.5 Å². The molecule has 2 N–H and O–H groups in total. The van der Waals surface area contributed by atoms with Crippen molar-refractivity contribution in [1.82, 2.24) is 20.4 Å². The van der Waals surface area contributed by atoms with Gasteiger partial charge in [0.1, 0.15) is 0 Å². The molecule has 0 saturated heterocycles. The Labute approximate surface area is 169 Å². The molecule has 0 aliphatic heterocycles. The molecule has 2 aromatic rings. The molecule has 0 aliphatic carbocycles. The second-order valence-electron chi connectivity index (χ2n) is 7.13. The van der Waals surface area contributed by atoms with Crippen LogP contribution in [0.2, 0.25) is 0 Å². The van der Waals surface area contributed by atoms with E-state index in [2.05, 4.69) is 66.8 Å². The lowest BCUT2D eigenvalue weighted by Gasteiger charge is -2.18. The second kappa shape index (κ2) is 11.5. The summed E-state index contributed by atoms with van der Waals surface area (Å²) in [7, 11) is 1.71. The van der Waals surface area contributed by atoms with Crippen LogP contribution >= 0.6 is 0 Å². The first-order chi connectivity index (χ1) is 13.5. The van der Waals surface area contributed by atoms with Gasteiger partial charge >= 0.3 is 0 Å². The van der Waals surface area contributed by atoms with Crippen molar-refractivity contribution in [3.63, 3.8) is 0 Å². The van der Waals surface area contributed by atoms with Crippen LogP contribution in [0, 0.1) is 13.8 Å². The van der Waals surface area contributed by atoms with Gasteiger partial charge in [-0.3, -0.25) is 4.68 Å². The number of aliphatic imine (C=N–C) groups is 1. The fraction of sp³-hybridized carbons (Fsp3) is 0.545. The molecule has 0 aliphatic rings. The van der Waals surface area contributed by atoms with Crippen LogP contribution in [0.3, 0.4) is 0 Å². The molecule has 2 rings (SSSR count). The molecule has 0 bridgehead atoms. The summed E-state index contributed by atoms with van der Waals surface area (Å²) in [6.45, 7) is 11.3. The highest BCUT2D eigenvalue weighted by molar-refractivity contribution is 5.80. The van der Waals surface area contributed by atoms with Crippen molar-refractivity contribution in [2.75, 3.05) is 20.3 Å². The van der Waals surface area contributed by atoms with Crippen molar-refractivity contribution in [2.24, 2.45) is 4.99 Å². The van der Waals surface area contributed by atoms with Crippen molar-refractivity contribution in [1.29, 1.82) is 0 Å². The number of aromatic nitrogens is 2. The van der Waals surface area contributed by atoms with Crippen molar-refractivity contribution in [2.45, 2.75) is 59.7 Å². The highest BCUT2D eigenvalue weighted by Gasteiger charge is 2.12. The molecule has 0 spiro atoms. The van der Waals surface area contributed by atoms with Gasteiger partial charge in [0.15, 0.2) is 5.96 Å². The average Bonchev–Trinajstić information content (AvgIpc) is 2.96. The number of ether oxygens (including phenoxy) is 1. The third-order valence-electron chi connectivity index (χ3n) is 4.87. The lowest BCUT2D eigenvalue weighted by molar-refractivity contribution is 0.182. The minimum atomic E-state index is 0.338. The first-order valence-electron chi connectivity index (χ1n) is 10.2. The molecule has 28 heavy (non-hydrogen) atoms. The Morgan fingerprint density at radius 3 is 2.68 bits per heavy atom. The Kier molecular flexibility index (Phi) is 9.01. The first-order valence-corrected chi connectivity index (χ1v) is 10.2. The van der Waals surface area contributed by atoms with Crippen molar-refractivity contribution in [3.05, 3.63) is 52.8 Å². The number of rotatable bonds is 10. The monoisotopic (exact) mass is 385 g/mol. The van der Waals surface area contributed by atoms with Crippen molar-refractivity contribution >= 4 is 5.96 Å². The van der Waals surface area contributed by atoms with Gasteiger partial charge in [-0.2, -0.15) is 5.10 Å². The quantitative estimate of drug-likeness (QED) is 0.487. The molecule has 1 aromatic carbocycles. The third kappa shape index (κ3) is 6.68. The van der Waals surface area contributed by atoms with Gasteiger partial charge < -0.3 is 15.4 Å². The molecule has 1 atom stereocenters. The van der Waals surface area contributed by atoms with Gasteiger partial charge in [-0.25, -0.2) is 4.99 Å². The van der Waals surface area contributed by atoms with Crippen LogP contribution < -0.4 is 10.6 Å². The number of nitrogens with zero attached hydrogens (tertiary/aromatic N) is 3. The van der Waals surface area contributed by atoms with E-state index in [9.17, 15) is 0 Å². The molecule has 0 fully saturated rings. The van der Waals surface area contributed by atoms with Crippen molar-refractivity contribution < 1.29 is 4.74 Å². The van der Waals surface area contributed by atoms with E-state index in [0.29, 0.717) is 19.2 Å². The number of aryl methyl sites for hydroxylation is 2. The fourth-order valence-corrected chi connectivity index (χ4v) is 3.17. The van der Waals surface area contributed by atoms with Gasteiger partial charge in [0.2, 0.25) is 0 Å². The average molecular weight is 386 g/mol. The summed E-state index contributed by atoms with van der Waals surface area (Å²) < 4.78 is 7.18. The Morgan fingerprint density at radius 2 is 2.00 bits per heavy atom. The van der Waals surface area contributed by atoms with Crippen LogP contribution in [-0.2, 0) is 24.2 Å². The van der Waals surface area contributed by atoms with Gasteiger partial charge in [0.25, 0.3) is 0 Å². The van der Waals surface area contributed by atoms with Crippen LogP contribution in [0.1, 0.15) is 42.8 Å². The second-order valence-corrected chi connectivity index (χ2v) is 7.13. The fourth-order valence-electron chi connectivity index (χ4n) is 3.17. The zero-order valence-electron chi connectivity index (χ0n) is 18.0. The first kappa shape index (κ1) is 22.0. The standard InChI is InChI=1S/C22H35N5O/c1-6-23-22(25-17(2)12-13-20-10-8-7-9-11-20)24-16-21-18(3)26-27(19(21)4)14-15-28-5/h7-11,17H,6,12-16H2,1-5H3,(H2,23,24,25). The number of methoxy groups -OCH3 is 1. The molecule has 6 nitrogen and oxygen atoms in total. The van der Waals surface area contributed by atoms with Crippen LogP contribution in [0.4, 0.5) is 0 Å². The van der Waals surface area contributed by atoms with Crippen LogP contribution in [0.15, 0.2) is 35.3 Å². The minimum absolute atomic E-state index is 0.338. The van der Waals surface area contributed by atoms with E-state index in [1.807, 2.05) is 11.6 Å². The van der Waals surface area contributed by atoms with E-state index in [0.717, 1.165) is 43.3 Å². The molecular weight excluding hydrogens is 350 g/mol. The Balaban J connectivity index is 1.97. The van der Waals surface area contributed by atoms with Crippen molar-refractivity contribution in [3.8, 4) is 0 Å². The molecule has 0 saturated carbocycles. The Morgan fingerprint density at radius 1 is 1.25 bits per heavy atom. The normalized spacial score (nSPS) is 12.8.